The SMILES string of the molecule is COCc1nc(C(=O)NCC(c2ccc(C)o2)N2CCOCC2)cs1. The maximum Gasteiger partial charge on any atom is 0.270 e. The lowest BCUT2D eigenvalue weighted by atomic mass is 10.1. The Morgan fingerprint density at radius 2 is 2.24 bits per heavy atom. The van der Waals surface area contributed by atoms with Gasteiger partial charge in [-0.15, -0.1) is 11.3 Å². The minimum absolute atomic E-state index is 0.0152. The maximum absolute atomic E-state index is 12.4. The number of morpholine rings is 1. The van der Waals surface area contributed by atoms with Crippen molar-refractivity contribution in [2.24, 2.45) is 0 Å². The number of hydrogen-bond donors (Lipinski definition) is 1. The van der Waals surface area contributed by atoms with Gasteiger partial charge in [-0.1, -0.05) is 0 Å². The number of aromatic nitrogens is 1. The summed E-state index contributed by atoms with van der Waals surface area (Å²) >= 11 is 1.42. The van der Waals surface area contributed by atoms with Gasteiger partial charge in [-0.25, -0.2) is 4.98 Å². The predicted octanol–water partition coefficient (Wildman–Crippen LogP) is 1.99. The third-order valence-electron chi connectivity index (χ3n) is 4.08. The van der Waals surface area contributed by atoms with Crippen molar-refractivity contribution in [2.45, 2.75) is 19.6 Å². The average Bonchev–Trinajstić information content (AvgIpc) is 3.26. The van der Waals surface area contributed by atoms with Crippen molar-refractivity contribution in [3.63, 3.8) is 0 Å². The highest BCUT2D eigenvalue weighted by Gasteiger charge is 2.26. The second-order valence-corrected chi connectivity index (χ2v) is 6.82. The van der Waals surface area contributed by atoms with E-state index in [0.29, 0.717) is 32.1 Å². The molecule has 0 spiro atoms. The predicted molar refractivity (Wildman–Crippen MR) is 93.7 cm³/mol. The number of rotatable bonds is 7. The minimum atomic E-state index is -0.180. The van der Waals surface area contributed by atoms with E-state index in [1.165, 1.54) is 11.3 Å². The first-order valence-corrected chi connectivity index (χ1v) is 9.15. The number of nitrogens with zero attached hydrogens (tertiary/aromatic N) is 2. The van der Waals surface area contributed by atoms with Crippen molar-refractivity contribution in [1.29, 1.82) is 0 Å². The number of ether oxygens (including phenoxy) is 2. The fourth-order valence-electron chi connectivity index (χ4n) is 2.82. The molecule has 1 atom stereocenters. The van der Waals surface area contributed by atoms with Crippen LogP contribution < -0.4 is 5.32 Å². The first kappa shape index (κ1) is 18.1. The molecule has 25 heavy (non-hydrogen) atoms. The number of hydrogen-bond acceptors (Lipinski definition) is 7. The molecule has 1 saturated heterocycles. The van der Waals surface area contributed by atoms with E-state index in [2.05, 4.69) is 15.2 Å². The van der Waals surface area contributed by atoms with Gasteiger partial charge in [0.15, 0.2) is 0 Å². The van der Waals surface area contributed by atoms with Gasteiger partial charge in [-0.2, -0.15) is 0 Å². The van der Waals surface area contributed by atoms with Crippen molar-refractivity contribution in [3.8, 4) is 0 Å². The van der Waals surface area contributed by atoms with Crippen molar-refractivity contribution < 1.29 is 18.7 Å². The first-order valence-electron chi connectivity index (χ1n) is 8.27. The van der Waals surface area contributed by atoms with Crippen LogP contribution in [0.4, 0.5) is 0 Å². The molecule has 1 aliphatic rings. The highest BCUT2D eigenvalue weighted by molar-refractivity contribution is 7.09. The van der Waals surface area contributed by atoms with Gasteiger partial charge >= 0.3 is 0 Å². The average molecular weight is 365 g/mol. The van der Waals surface area contributed by atoms with Crippen LogP contribution in [0.2, 0.25) is 0 Å². The summed E-state index contributed by atoms with van der Waals surface area (Å²) in [6.07, 6.45) is 0. The van der Waals surface area contributed by atoms with Gasteiger partial charge in [0.1, 0.15) is 22.2 Å². The van der Waals surface area contributed by atoms with Crippen LogP contribution in [0.15, 0.2) is 21.9 Å². The molecule has 0 saturated carbocycles. The Labute approximate surface area is 150 Å². The molecule has 0 aliphatic carbocycles. The molecule has 0 aromatic carbocycles. The second-order valence-electron chi connectivity index (χ2n) is 5.88. The number of nitrogens with one attached hydrogen (secondary N) is 1. The van der Waals surface area contributed by atoms with Gasteiger partial charge < -0.3 is 19.2 Å². The third-order valence-corrected chi connectivity index (χ3v) is 4.91. The van der Waals surface area contributed by atoms with Crippen molar-refractivity contribution >= 4 is 17.2 Å². The Hall–Kier alpha value is -1.74. The lowest BCUT2D eigenvalue weighted by molar-refractivity contribution is 0.0117. The van der Waals surface area contributed by atoms with E-state index in [-0.39, 0.29) is 11.9 Å². The largest absolute Gasteiger partial charge is 0.465 e. The molecular formula is C17H23N3O4S. The standard InChI is InChI=1S/C17H23N3O4S/c1-12-3-4-15(24-12)14(20-5-7-23-8-6-20)9-18-17(21)13-11-25-16(19-13)10-22-2/h3-4,11,14H,5-10H2,1-2H3,(H,18,21). The Balaban J connectivity index is 1.66. The molecule has 1 fully saturated rings. The summed E-state index contributed by atoms with van der Waals surface area (Å²) in [6.45, 7) is 5.81. The zero-order valence-corrected chi connectivity index (χ0v) is 15.3. The van der Waals surface area contributed by atoms with Gasteiger partial charge in [0, 0.05) is 32.1 Å². The van der Waals surface area contributed by atoms with Gasteiger partial charge in [0.05, 0.1) is 25.9 Å². The third kappa shape index (κ3) is 4.66. The quantitative estimate of drug-likeness (QED) is 0.809. The molecule has 3 heterocycles. The van der Waals surface area contributed by atoms with Crippen LogP contribution in [0.3, 0.4) is 0 Å². The van der Waals surface area contributed by atoms with Crippen LogP contribution in [0.1, 0.15) is 33.1 Å². The lowest BCUT2D eigenvalue weighted by Gasteiger charge is -2.33. The van der Waals surface area contributed by atoms with E-state index in [0.717, 1.165) is 29.6 Å². The molecule has 1 N–H and O–H groups in total. The van der Waals surface area contributed by atoms with Gasteiger partial charge in [-0.3, -0.25) is 9.69 Å². The summed E-state index contributed by atoms with van der Waals surface area (Å²) in [5.41, 5.74) is 0.424. The van der Waals surface area contributed by atoms with Crippen molar-refractivity contribution in [2.75, 3.05) is 40.0 Å². The first-order chi connectivity index (χ1) is 12.2. The Bertz CT molecular complexity index is 694. The number of methoxy groups -OCH3 is 1. The summed E-state index contributed by atoms with van der Waals surface area (Å²) in [7, 11) is 1.61. The Morgan fingerprint density at radius 1 is 1.44 bits per heavy atom. The second kappa shape index (κ2) is 8.57. The number of aryl methyl sites for hydroxylation is 1. The highest BCUT2D eigenvalue weighted by atomic mass is 32.1. The molecule has 0 radical (unpaired) electrons. The van der Waals surface area contributed by atoms with Gasteiger partial charge in [-0.05, 0) is 19.1 Å². The monoisotopic (exact) mass is 365 g/mol. The van der Waals surface area contributed by atoms with Gasteiger partial charge in [0.2, 0.25) is 0 Å². The normalized spacial score (nSPS) is 16.7. The highest BCUT2D eigenvalue weighted by Crippen LogP contribution is 2.23. The van der Waals surface area contributed by atoms with Crippen molar-refractivity contribution in [3.05, 3.63) is 39.7 Å². The number of amides is 1. The molecule has 7 nitrogen and oxygen atoms in total. The molecule has 8 heteroatoms. The molecular weight excluding hydrogens is 342 g/mol. The van der Waals surface area contributed by atoms with Crippen molar-refractivity contribution in [1.82, 2.24) is 15.2 Å². The number of carbonyl (C=O) groups is 1. The topological polar surface area (TPSA) is 76.8 Å². The summed E-state index contributed by atoms with van der Waals surface area (Å²) in [4.78, 5) is 19.0. The zero-order chi connectivity index (χ0) is 17.6. The molecule has 136 valence electrons. The molecule has 3 rings (SSSR count). The van der Waals surface area contributed by atoms with Crippen LogP contribution >= 0.6 is 11.3 Å². The fourth-order valence-corrected chi connectivity index (χ4v) is 3.56. The summed E-state index contributed by atoms with van der Waals surface area (Å²) < 4.78 is 16.3. The summed E-state index contributed by atoms with van der Waals surface area (Å²) in [5, 5.41) is 5.53. The molecule has 2 aromatic rings. The Kier molecular flexibility index (Phi) is 6.19. The molecule has 1 aliphatic heterocycles. The van der Waals surface area contributed by atoms with Crippen LogP contribution in [-0.4, -0.2) is 55.7 Å². The smallest absolute Gasteiger partial charge is 0.270 e. The van der Waals surface area contributed by atoms with E-state index < -0.39 is 0 Å². The summed E-state index contributed by atoms with van der Waals surface area (Å²) in [5.74, 6) is 1.54. The van der Waals surface area contributed by atoms with E-state index in [1.807, 2.05) is 19.1 Å². The maximum atomic E-state index is 12.4. The number of carbonyl (C=O) groups excluding carboxylic acids is 1. The molecule has 1 unspecified atom stereocenters. The van der Waals surface area contributed by atoms with E-state index in [1.54, 1.807) is 12.5 Å². The van der Waals surface area contributed by atoms with Crippen LogP contribution in [0, 0.1) is 6.92 Å². The fraction of sp³-hybridized carbons (Fsp3) is 0.529. The number of furan rings is 1. The van der Waals surface area contributed by atoms with Crippen LogP contribution in [-0.2, 0) is 16.1 Å². The number of thiazole rings is 1. The van der Waals surface area contributed by atoms with E-state index in [4.69, 9.17) is 13.9 Å². The Morgan fingerprint density at radius 3 is 2.92 bits per heavy atom. The lowest BCUT2D eigenvalue weighted by Crippen LogP contribution is -2.43. The zero-order valence-electron chi connectivity index (χ0n) is 14.5. The summed E-state index contributed by atoms with van der Waals surface area (Å²) in [6, 6.07) is 3.90. The van der Waals surface area contributed by atoms with E-state index in [9.17, 15) is 4.79 Å². The van der Waals surface area contributed by atoms with E-state index >= 15 is 0 Å². The van der Waals surface area contributed by atoms with Crippen LogP contribution in [0.25, 0.3) is 0 Å². The van der Waals surface area contributed by atoms with Crippen LogP contribution in [0.5, 0.6) is 0 Å². The van der Waals surface area contributed by atoms with Gasteiger partial charge in [0.25, 0.3) is 5.91 Å². The molecule has 2 aromatic heterocycles. The molecule has 0 bridgehead atoms. The minimum Gasteiger partial charge on any atom is -0.465 e. The molecule has 1 amide bonds.